The number of aromatic nitrogens is 1. The van der Waals surface area contributed by atoms with Crippen LogP contribution in [-0.4, -0.2) is 10.9 Å². The predicted molar refractivity (Wildman–Crippen MR) is 52.7 cm³/mol. The summed E-state index contributed by atoms with van der Waals surface area (Å²) in [7, 11) is 0. The molecule has 0 radical (unpaired) electrons. The Morgan fingerprint density at radius 1 is 1.54 bits per heavy atom. The fourth-order valence-electron chi connectivity index (χ4n) is 1.16. The summed E-state index contributed by atoms with van der Waals surface area (Å²) in [5.74, 6) is 0.560. The number of carbonyl (C=O) groups excluding carboxylic acids is 1. The van der Waals surface area contributed by atoms with Gasteiger partial charge >= 0.3 is 0 Å². The van der Waals surface area contributed by atoms with E-state index in [2.05, 4.69) is 10.3 Å². The fourth-order valence-corrected chi connectivity index (χ4v) is 1.16. The van der Waals surface area contributed by atoms with E-state index in [1.807, 2.05) is 26.0 Å². The summed E-state index contributed by atoms with van der Waals surface area (Å²) < 4.78 is 0. The molecule has 0 bridgehead atoms. The van der Waals surface area contributed by atoms with E-state index in [0.717, 1.165) is 17.7 Å². The number of nitrogens with zero attached hydrogens (tertiary/aromatic N) is 1. The Morgan fingerprint density at radius 2 is 2.23 bits per heavy atom. The lowest BCUT2D eigenvalue weighted by atomic mass is 10.2. The zero-order valence-corrected chi connectivity index (χ0v) is 8.22. The molecule has 3 heteroatoms. The van der Waals surface area contributed by atoms with Gasteiger partial charge in [0.25, 0.3) is 0 Å². The molecule has 1 N–H and O–H groups in total. The fraction of sp³-hybridized carbons (Fsp3) is 0.400. The highest BCUT2D eigenvalue weighted by atomic mass is 16.1. The monoisotopic (exact) mass is 178 g/mol. The Hall–Kier alpha value is -1.38. The number of amides is 1. The van der Waals surface area contributed by atoms with Crippen molar-refractivity contribution in [1.29, 1.82) is 0 Å². The van der Waals surface area contributed by atoms with Crippen LogP contribution in [0.1, 0.15) is 25.1 Å². The van der Waals surface area contributed by atoms with Crippen molar-refractivity contribution in [3.63, 3.8) is 0 Å². The number of aryl methyl sites for hydroxylation is 2. The molecule has 0 atom stereocenters. The average Bonchev–Trinajstić information content (AvgIpc) is 2.01. The van der Waals surface area contributed by atoms with Crippen LogP contribution in [0.25, 0.3) is 0 Å². The Bertz CT molecular complexity index is 321. The largest absolute Gasteiger partial charge is 0.311 e. The van der Waals surface area contributed by atoms with Crippen LogP contribution in [0.2, 0.25) is 0 Å². The van der Waals surface area contributed by atoms with Gasteiger partial charge in [-0.1, -0.05) is 6.92 Å². The van der Waals surface area contributed by atoms with Crippen molar-refractivity contribution in [3.05, 3.63) is 23.4 Å². The molecule has 0 fully saturated rings. The average molecular weight is 178 g/mol. The highest BCUT2D eigenvalue weighted by Gasteiger charge is 1.99. The molecule has 1 amide bonds. The molecule has 1 heterocycles. The lowest BCUT2D eigenvalue weighted by Crippen LogP contribution is -2.08. The summed E-state index contributed by atoms with van der Waals surface area (Å²) in [5.41, 5.74) is 2.12. The predicted octanol–water partition coefficient (Wildman–Crippen LogP) is 1.91. The van der Waals surface area contributed by atoms with Crippen molar-refractivity contribution in [3.8, 4) is 0 Å². The number of carbonyl (C=O) groups is 1. The summed E-state index contributed by atoms with van der Waals surface area (Å²) in [6.45, 7) is 5.51. The van der Waals surface area contributed by atoms with Crippen LogP contribution in [-0.2, 0) is 11.2 Å². The third-order valence-corrected chi connectivity index (χ3v) is 1.69. The highest BCUT2D eigenvalue weighted by molar-refractivity contribution is 5.87. The van der Waals surface area contributed by atoms with Gasteiger partial charge in [-0.2, -0.15) is 0 Å². The van der Waals surface area contributed by atoms with Crippen LogP contribution in [0.5, 0.6) is 0 Å². The lowest BCUT2D eigenvalue weighted by Gasteiger charge is -2.04. The SMILES string of the molecule is CCc1cc(C)cc(NC(C)=O)n1. The molecule has 1 aromatic heterocycles. The van der Waals surface area contributed by atoms with E-state index in [4.69, 9.17) is 0 Å². The second-order valence-corrected chi connectivity index (χ2v) is 3.06. The molecule has 0 aromatic carbocycles. The molecule has 0 saturated heterocycles. The zero-order valence-electron chi connectivity index (χ0n) is 8.22. The number of anilines is 1. The van der Waals surface area contributed by atoms with E-state index in [-0.39, 0.29) is 5.91 Å². The van der Waals surface area contributed by atoms with Gasteiger partial charge in [-0.05, 0) is 31.0 Å². The quantitative estimate of drug-likeness (QED) is 0.751. The molecule has 1 rings (SSSR count). The highest BCUT2D eigenvalue weighted by Crippen LogP contribution is 2.09. The van der Waals surface area contributed by atoms with Gasteiger partial charge in [0.1, 0.15) is 5.82 Å². The molecule has 0 aliphatic rings. The van der Waals surface area contributed by atoms with Crippen molar-refractivity contribution >= 4 is 11.7 Å². The number of hydrogen-bond acceptors (Lipinski definition) is 2. The Morgan fingerprint density at radius 3 is 2.77 bits per heavy atom. The van der Waals surface area contributed by atoms with Gasteiger partial charge in [0, 0.05) is 12.6 Å². The van der Waals surface area contributed by atoms with Crippen molar-refractivity contribution in [1.82, 2.24) is 4.98 Å². The zero-order chi connectivity index (χ0) is 9.84. The maximum absolute atomic E-state index is 10.8. The molecule has 0 aliphatic heterocycles. The lowest BCUT2D eigenvalue weighted by molar-refractivity contribution is -0.114. The summed E-state index contributed by atoms with van der Waals surface area (Å²) >= 11 is 0. The van der Waals surface area contributed by atoms with E-state index in [1.54, 1.807) is 0 Å². The van der Waals surface area contributed by atoms with Crippen LogP contribution in [0.4, 0.5) is 5.82 Å². The first-order chi connectivity index (χ1) is 6.11. The first kappa shape index (κ1) is 9.71. The van der Waals surface area contributed by atoms with Gasteiger partial charge in [-0.25, -0.2) is 4.98 Å². The van der Waals surface area contributed by atoms with E-state index in [1.165, 1.54) is 6.92 Å². The van der Waals surface area contributed by atoms with E-state index >= 15 is 0 Å². The minimum Gasteiger partial charge on any atom is -0.311 e. The summed E-state index contributed by atoms with van der Waals surface area (Å²) in [4.78, 5) is 15.0. The summed E-state index contributed by atoms with van der Waals surface area (Å²) in [5, 5.41) is 2.67. The number of nitrogens with one attached hydrogen (secondary N) is 1. The smallest absolute Gasteiger partial charge is 0.222 e. The molecule has 0 unspecified atom stereocenters. The number of hydrogen-bond donors (Lipinski definition) is 1. The molecule has 13 heavy (non-hydrogen) atoms. The third-order valence-electron chi connectivity index (χ3n) is 1.69. The molecule has 0 aliphatic carbocycles. The second kappa shape index (κ2) is 4.03. The molecule has 70 valence electrons. The van der Waals surface area contributed by atoms with Gasteiger partial charge in [0.05, 0.1) is 0 Å². The van der Waals surface area contributed by atoms with E-state index in [0.29, 0.717) is 5.82 Å². The normalized spacial score (nSPS) is 9.77. The molecule has 0 spiro atoms. The third kappa shape index (κ3) is 2.86. The minimum atomic E-state index is -0.0832. The molecule has 0 saturated carbocycles. The van der Waals surface area contributed by atoms with E-state index in [9.17, 15) is 4.79 Å². The van der Waals surface area contributed by atoms with Gasteiger partial charge in [0.2, 0.25) is 5.91 Å². The van der Waals surface area contributed by atoms with Crippen LogP contribution in [0.15, 0.2) is 12.1 Å². The standard InChI is InChI=1S/C10H14N2O/c1-4-9-5-7(2)6-10(12-9)11-8(3)13/h5-6H,4H2,1-3H3,(H,11,12,13). The maximum atomic E-state index is 10.8. The summed E-state index contributed by atoms with van der Waals surface area (Å²) in [6.07, 6.45) is 0.883. The van der Waals surface area contributed by atoms with Crippen molar-refractivity contribution < 1.29 is 4.79 Å². The van der Waals surface area contributed by atoms with Crippen LogP contribution in [0.3, 0.4) is 0 Å². The Balaban J connectivity index is 2.94. The van der Waals surface area contributed by atoms with Gasteiger partial charge in [-0.15, -0.1) is 0 Å². The van der Waals surface area contributed by atoms with Gasteiger partial charge in [-0.3, -0.25) is 4.79 Å². The second-order valence-electron chi connectivity index (χ2n) is 3.06. The van der Waals surface area contributed by atoms with Gasteiger partial charge < -0.3 is 5.32 Å². The Kier molecular flexibility index (Phi) is 3.01. The Labute approximate surface area is 78.2 Å². The number of pyridine rings is 1. The molecular weight excluding hydrogens is 164 g/mol. The van der Waals surface area contributed by atoms with E-state index < -0.39 is 0 Å². The number of rotatable bonds is 2. The summed E-state index contributed by atoms with van der Waals surface area (Å²) in [6, 6.07) is 3.88. The van der Waals surface area contributed by atoms with Crippen LogP contribution >= 0.6 is 0 Å². The van der Waals surface area contributed by atoms with Gasteiger partial charge in [0.15, 0.2) is 0 Å². The topological polar surface area (TPSA) is 42.0 Å². The van der Waals surface area contributed by atoms with Crippen LogP contribution < -0.4 is 5.32 Å². The van der Waals surface area contributed by atoms with Crippen molar-refractivity contribution in [2.24, 2.45) is 0 Å². The minimum absolute atomic E-state index is 0.0832. The molecule has 1 aromatic rings. The molecular formula is C10H14N2O. The molecule has 3 nitrogen and oxygen atoms in total. The maximum Gasteiger partial charge on any atom is 0.222 e. The first-order valence-corrected chi connectivity index (χ1v) is 4.37. The van der Waals surface area contributed by atoms with Crippen molar-refractivity contribution in [2.45, 2.75) is 27.2 Å². The van der Waals surface area contributed by atoms with Crippen LogP contribution in [0, 0.1) is 6.92 Å². The van der Waals surface area contributed by atoms with Crippen molar-refractivity contribution in [2.75, 3.05) is 5.32 Å². The first-order valence-electron chi connectivity index (χ1n) is 4.37.